The minimum atomic E-state index is -0.431. The summed E-state index contributed by atoms with van der Waals surface area (Å²) < 4.78 is 19.3. The van der Waals surface area contributed by atoms with E-state index in [-0.39, 0.29) is 6.04 Å². The van der Waals surface area contributed by atoms with E-state index in [1.165, 1.54) is 12.3 Å². The number of rotatable bonds is 2. The first kappa shape index (κ1) is 14.8. The van der Waals surface area contributed by atoms with E-state index in [9.17, 15) is 4.39 Å². The van der Waals surface area contributed by atoms with Crippen molar-refractivity contribution in [1.82, 2.24) is 4.98 Å². The summed E-state index contributed by atoms with van der Waals surface area (Å²) in [4.78, 5) is 14.3. The number of hydrogen-bond acceptors (Lipinski definition) is 5. The van der Waals surface area contributed by atoms with Gasteiger partial charge in [0.25, 0.3) is 0 Å². The Hall–Kier alpha value is -2.80. The zero-order valence-corrected chi connectivity index (χ0v) is 13.5. The van der Waals surface area contributed by atoms with Crippen LogP contribution >= 0.6 is 11.3 Å². The Balaban J connectivity index is 1.96. The van der Waals surface area contributed by atoms with Crippen LogP contribution in [0, 0.1) is 5.82 Å². The van der Waals surface area contributed by atoms with Crippen LogP contribution in [0.2, 0.25) is 0 Å². The minimum absolute atomic E-state index is 0.327. The molecule has 1 N–H and O–H groups in total. The quantitative estimate of drug-likeness (QED) is 0.769. The van der Waals surface area contributed by atoms with Crippen LogP contribution in [0.3, 0.4) is 0 Å². The van der Waals surface area contributed by atoms with Gasteiger partial charge < -0.3 is 9.73 Å². The van der Waals surface area contributed by atoms with Gasteiger partial charge in [-0.15, -0.1) is 11.3 Å². The molecule has 0 saturated carbocycles. The van der Waals surface area contributed by atoms with Crippen molar-refractivity contribution in [3.63, 3.8) is 0 Å². The van der Waals surface area contributed by atoms with Gasteiger partial charge in [-0.25, -0.2) is 9.37 Å². The third-order valence-corrected chi connectivity index (χ3v) is 4.61. The van der Waals surface area contributed by atoms with E-state index < -0.39 is 5.82 Å². The first-order valence-corrected chi connectivity index (χ1v) is 8.19. The topological polar surface area (TPSA) is 62.8 Å². The van der Waals surface area contributed by atoms with E-state index in [0.717, 1.165) is 4.88 Å². The molecular weight excluding hydrogens is 327 g/mol. The molecule has 1 aliphatic heterocycles. The molecule has 3 aromatic heterocycles. The van der Waals surface area contributed by atoms with Gasteiger partial charge in [-0.05, 0) is 29.6 Å². The molecule has 0 aliphatic carbocycles. The maximum absolute atomic E-state index is 13.8. The number of anilines is 1. The number of aliphatic imine (C=N–C) groups is 2. The molecule has 7 heteroatoms. The summed E-state index contributed by atoms with van der Waals surface area (Å²) in [6.45, 7) is 0. The molecule has 0 aromatic carbocycles. The lowest BCUT2D eigenvalue weighted by Crippen LogP contribution is -2.19. The number of aromatic nitrogens is 1. The number of nitrogens with zero attached hydrogens (tertiary/aromatic N) is 3. The molecule has 0 amide bonds. The smallest absolute Gasteiger partial charge is 0.152 e. The molecule has 24 heavy (non-hydrogen) atoms. The van der Waals surface area contributed by atoms with Crippen molar-refractivity contribution in [2.45, 2.75) is 6.04 Å². The average Bonchev–Trinajstić information content (AvgIpc) is 3.27. The normalized spacial score (nSPS) is 18.7. The fraction of sp³-hybridized carbons (Fsp3) is 0.118. The third kappa shape index (κ3) is 2.52. The molecule has 4 heterocycles. The Morgan fingerprint density at radius 3 is 2.96 bits per heavy atom. The molecule has 0 fully saturated rings. The van der Waals surface area contributed by atoms with Crippen molar-refractivity contribution in [1.29, 1.82) is 0 Å². The summed E-state index contributed by atoms with van der Waals surface area (Å²) in [7, 11) is 1.69. The number of furan rings is 1. The Kier molecular flexibility index (Phi) is 3.70. The lowest BCUT2D eigenvalue weighted by molar-refractivity contribution is 0.557. The van der Waals surface area contributed by atoms with Gasteiger partial charge in [-0.1, -0.05) is 6.07 Å². The number of amidine groups is 1. The largest absolute Gasteiger partial charge is 0.463 e. The average molecular weight is 340 g/mol. The molecule has 0 radical (unpaired) electrons. The van der Waals surface area contributed by atoms with Crippen LogP contribution in [0.1, 0.15) is 22.2 Å². The number of pyridine rings is 1. The van der Waals surface area contributed by atoms with E-state index in [1.807, 2.05) is 17.5 Å². The van der Waals surface area contributed by atoms with Gasteiger partial charge in [0.1, 0.15) is 29.2 Å². The van der Waals surface area contributed by atoms with Gasteiger partial charge >= 0.3 is 0 Å². The summed E-state index contributed by atoms with van der Waals surface area (Å²) in [5.41, 5.74) is 1.09. The zero-order valence-electron chi connectivity index (χ0n) is 12.7. The van der Waals surface area contributed by atoms with Gasteiger partial charge in [0.05, 0.1) is 12.5 Å². The monoisotopic (exact) mass is 340 g/mol. The molecule has 1 aliphatic rings. The summed E-state index contributed by atoms with van der Waals surface area (Å²) in [6, 6.07) is 8.61. The van der Waals surface area contributed by atoms with Crippen LogP contribution in [0.4, 0.5) is 10.2 Å². The number of thiophene rings is 1. The summed E-state index contributed by atoms with van der Waals surface area (Å²) >= 11 is 1.59. The number of nitrogens with one attached hydrogen (secondary N) is 1. The molecule has 120 valence electrons. The predicted octanol–water partition coefficient (Wildman–Crippen LogP) is 3.91. The molecule has 4 rings (SSSR count). The number of fused-ring (bicyclic) bond motifs is 1. The summed E-state index contributed by atoms with van der Waals surface area (Å²) in [5, 5.41) is 5.18. The molecule has 0 bridgehead atoms. The maximum Gasteiger partial charge on any atom is 0.152 e. The van der Waals surface area contributed by atoms with Crippen LogP contribution in [0.5, 0.6) is 0 Å². The van der Waals surface area contributed by atoms with Crippen molar-refractivity contribution in [2.24, 2.45) is 9.98 Å². The highest BCUT2D eigenvalue weighted by molar-refractivity contribution is 7.10. The Bertz CT molecular complexity index is 916. The Morgan fingerprint density at radius 1 is 1.33 bits per heavy atom. The predicted molar refractivity (Wildman–Crippen MR) is 92.6 cm³/mol. The fourth-order valence-electron chi connectivity index (χ4n) is 2.60. The molecule has 0 spiro atoms. The van der Waals surface area contributed by atoms with E-state index in [2.05, 4.69) is 15.3 Å². The molecule has 5 nitrogen and oxygen atoms in total. The first-order chi connectivity index (χ1) is 11.8. The zero-order chi connectivity index (χ0) is 16.5. The van der Waals surface area contributed by atoms with Crippen LogP contribution in [0.15, 0.2) is 62.6 Å². The Morgan fingerprint density at radius 2 is 2.25 bits per heavy atom. The van der Waals surface area contributed by atoms with E-state index in [4.69, 9.17) is 9.41 Å². The second-order valence-corrected chi connectivity index (χ2v) is 6.14. The maximum atomic E-state index is 13.8. The Labute approximate surface area is 141 Å². The molecule has 1 atom stereocenters. The van der Waals surface area contributed by atoms with Crippen LogP contribution in [-0.2, 0) is 0 Å². The molecule has 3 aromatic rings. The van der Waals surface area contributed by atoms with Crippen LogP contribution in [-0.4, -0.2) is 23.6 Å². The molecular formula is C17H13FN4OS. The van der Waals surface area contributed by atoms with Crippen LogP contribution in [0.25, 0.3) is 0 Å². The molecule has 0 saturated heterocycles. The standard InChI is InChI=1S/C17H13FN4OS/c1-19-17-15(13-5-3-7-24-13)21-14(12-4-2-6-23-12)11-8-10(18)9-20-16(11)22-17/h2-9,15H,1H3,(H,19,20,22). The van der Waals surface area contributed by atoms with Crippen LogP contribution < -0.4 is 5.32 Å². The van der Waals surface area contributed by atoms with Gasteiger partial charge in [-0.3, -0.25) is 9.98 Å². The van der Waals surface area contributed by atoms with Gasteiger partial charge in [0, 0.05) is 17.5 Å². The second-order valence-electron chi connectivity index (χ2n) is 5.16. The molecule has 1 unspecified atom stereocenters. The van der Waals surface area contributed by atoms with Crippen molar-refractivity contribution >= 4 is 28.7 Å². The van der Waals surface area contributed by atoms with E-state index >= 15 is 0 Å². The lowest BCUT2D eigenvalue weighted by atomic mass is 10.1. The second kappa shape index (κ2) is 6.01. The highest BCUT2D eigenvalue weighted by Gasteiger charge is 2.28. The summed E-state index contributed by atoms with van der Waals surface area (Å²) in [6.07, 6.45) is 2.74. The van der Waals surface area contributed by atoms with E-state index in [1.54, 1.807) is 36.8 Å². The third-order valence-electron chi connectivity index (χ3n) is 3.68. The highest BCUT2D eigenvalue weighted by atomic mass is 32.1. The fourth-order valence-corrected chi connectivity index (χ4v) is 3.37. The van der Waals surface area contributed by atoms with Gasteiger partial charge in [0.15, 0.2) is 5.76 Å². The van der Waals surface area contributed by atoms with Crippen molar-refractivity contribution < 1.29 is 8.81 Å². The number of halogens is 1. The first-order valence-electron chi connectivity index (χ1n) is 7.31. The lowest BCUT2D eigenvalue weighted by Gasteiger charge is -2.13. The van der Waals surface area contributed by atoms with Crippen molar-refractivity contribution in [3.8, 4) is 0 Å². The van der Waals surface area contributed by atoms with Gasteiger partial charge in [0.2, 0.25) is 0 Å². The van der Waals surface area contributed by atoms with Gasteiger partial charge in [-0.2, -0.15) is 0 Å². The van der Waals surface area contributed by atoms with Crippen molar-refractivity contribution in [3.05, 3.63) is 70.2 Å². The van der Waals surface area contributed by atoms with E-state index in [0.29, 0.717) is 28.7 Å². The van der Waals surface area contributed by atoms with Crippen molar-refractivity contribution in [2.75, 3.05) is 12.4 Å². The minimum Gasteiger partial charge on any atom is -0.463 e. The highest BCUT2D eigenvalue weighted by Crippen LogP contribution is 2.31. The SMILES string of the molecule is CN=C1Nc2ncc(F)cc2C(c2ccco2)=NC1c1cccs1. The number of hydrogen-bond donors (Lipinski definition) is 1. The summed E-state index contributed by atoms with van der Waals surface area (Å²) in [5.74, 6) is 1.29.